The predicted octanol–water partition coefficient (Wildman–Crippen LogP) is 1.13. The quantitative estimate of drug-likeness (QED) is 0.590. The molecule has 118 valence electrons. The van der Waals surface area contributed by atoms with E-state index >= 15 is 0 Å². The molecule has 0 fully saturated rings. The third-order valence-corrected chi connectivity index (χ3v) is 4.20. The third-order valence-electron chi connectivity index (χ3n) is 2.79. The molecular formula is C13H20N2O5S. The summed E-state index contributed by atoms with van der Waals surface area (Å²) < 4.78 is 30.7. The summed E-state index contributed by atoms with van der Waals surface area (Å²) in [4.78, 5) is 11.2. The van der Waals surface area contributed by atoms with Gasteiger partial charge in [0.25, 0.3) is 0 Å². The minimum atomic E-state index is -3.66. The lowest BCUT2D eigenvalue weighted by molar-refractivity contribution is 0.0697. The number of hydrogen-bond donors (Lipinski definition) is 3. The number of carboxylic acid groups (broad SMARTS) is 1. The van der Waals surface area contributed by atoms with Crippen LogP contribution in [-0.2, 0) is 14.8 Å². The van der Waals surface area contributed by atoms with Gasteiger partial charge in [-0.15, -0.1) is 0 Å². The van der Waals surface area contributed by atoms with Gasteiger partial charge in [-0.05, 0) is 38.6 Å². The molecule has 0 aliphatic heterocycles. The molecule has 7 nitrogen and oxygen atoms in total. The topological polar surface area (TPSA) is 105 Å². The highest BCUT2D eigenvalue weighted by Crippen LogP contribution is 2.20. The van der Waals surface area contributed by atoms with Crippen LogP contribution in [0.2, 0.25) is 0 Å². The van der Waals surface area contributed by atoms with Crippen molar-refractivity contribution in [3.63, 3.8) is 0 Å². The lowest BCUT2D eigenvalue weighted by Crippen LogP contribution is -2.19. The van der Waals surface area contributed by atoms with Crippen molar-refractivity contribution in [3.05, 3.63) is 23.8 Å². The number of hydrogen-bond acceptors (Lipinski definition) is 5. The monoisotopic (exact) mass is 316 g/mol. The van der Waals surface area contributed by atoms with Crippen LogP contribution < -0.4 is 10.0 Å². The normalized spacial score (nSPS) is 11.3. The third kappa shape index (κ3) is 5.00. The van der Waals surface area contributed by atoms with Crippen LogP contribution in [0.25, 0.3) is 0 Å². The van der Waals surface area contributed by atoms with E-state index < -0.39 is 16.0 Å². The zero-order chi connectivity index (χ0) is 15.9. The van der Waals surface area contributed by atoms with E-state index in [0.717, 1.165) is 12.5 Å². The second-order valence-electron chi connectivity index (χ2n) is 4.20. The summed E-state index contributed by atoms with van der Waals surface area (Å²) in [6, 6.07) is 3.95. The Hall–Kier alpha value is -1.64. The first kappa shape index (κ1) is 17.4. The lowest BCUT2D eigenvalue weighted by Gasteiger charge is -2.11. The number of sulfonamides is 1. The molecule has 0 atom stereocenters. The molecule has 0 spiro atoms. The summed E-state index contributed by atoms with van der Waals surface area (Å²) in [7, 11) is -2.39. The van der Waals surface area contributed by atoms with Crippen molar-refractivity contribution >= 4 is 21.7 Å². The molecule has 21 heavy (non-hydrogen) atoms. The first-order chi connectivity index (χ1) is 9.92. The molecule has 0 amide bonds. The van der Waals surface area contributed by atoms with Crippen molar-refractivity contribution < 1.29 is 23.1 Å². The maximum Gasteiger partial charge on any atom is 0.337 e. The SMILES string of the molecule is CCOCCCNc1ccc(S(=O)(=O)NC)cc1C(=O)O. The van der Waals surface area contributed by atoms with Crippen molar-refractivity contribution in [2.45, 2.75) is 18.2 Å². The molecule has 0 aromatic heterocycles. The number of benzene rings is 1. The first-order valence-electron chi connectivity index (χ1n) is 6.55. The summed E-state index contributed by atoms with van der Waals surface area (Å²) in [5, 5.41) is 12.2. The molecule has 1 rings (SSSR count). The Labute approximate surface area is 124 Å². The zero-order valence-electron chi connectivity index (χ0n) is 12.0. The summed E-state index contributed by atoms with van der Waals surface area (Å²) in [5.41, 5.74) is 0.303. The lowest BCUT2D eigenvalue weighted by atomic mass is 10.2. The van der Waals surface area contributed by atoms with Gasteiger partial charge in [-0.1, -0.05) is 0 Å². The van der Waals surface area contributed by atoms with Gasteiger partial charge in [0.2, 0.25) is 10.0 Å². The standard InChI is InChI=1S/C13H20N2O5S/c1-3-20-8-4-7-15-12-6-5-10(21(18,19)14-2)9-11(12)13(16)17/h5-6,9,14-15H,3-4,7-8H2,1-2H3,(H,16,17). The minimum Gasteiger partial charge on any atom is -0.478 e. The molecule has 0 unspecified atom stereocenters. The molecule has 3 N–H and O–H groups in total. The van der Waals surface area contributed by atoms with E-state index in [1.807, 2.05) is 6.92 Å². The maximum absolute atomic E-state index is 11.7. The van der Waals surface area contributed by atoms with Gasteiger partial charge in [0.15, 0.2) is 0 Å². The van der Waals surface area contributed by atoms with Gasteiger partial charge >= 0.3 is 5.97 Å². The fourth-order valence-corrected chi connectivity index (χ4v) is 2.44. The molecule has 0 bridgehead atoms. The highest BCUT2D eigenvalue weighted by Gasteiger charge is 2.17. The highest BCUT2D eigenvalue weighted by atomic mass is 32.2. The summed E-state index contributed by atoms with van der Waals surface area (Å²) >= 11 is 0. The van der Waals surface area contributed by atoms with E-state index in [2.05, 4.69) is 10.0 Å². The smallest absolute Gasteiger partial charge is 0.337 e. The largest absolute Gasteiger partial charge is 0.478 e. The van der Waals surface area contributed by atoms with Gasteiger partial charge < -0.3 is 15.2 Å². The van der Waals surface area contributed by atoms with E-state index in [1.54, 1.807) is 0 Å². The van der Waals surface area contributed by atoms with E-state index in [4.69, 9.17) is 4.74 Å². The van der Waals surface area contributed by atoms with Crippen LogP contribution in [0.15, 0.2) is 23.1 Å². The van der Waals surface area contributed by atoms with Gasteiger partial charge in [0, 0.05) is 25.4 Å². The van der Waals surface area contributed by atoms with Gasteiger partial charge in [-0.25, -0.2) is 17.9 Å². The molecule has 0 aliphatic rings. The van der Waals surface area contributed by atoms with E-state index in [0.29, 0.717) is 25.4 Å². The van der Waals surface area contributed by atoms with Crippen molar-refractivity contribution in [1.82, 2.24) is 4.72 Å². The average Bonchev–Trinajstić information content (AvgIpc) is 2.46. The zero-order valence-corrected chi connectivity index (χ0v) is 12.9. The van der Waals surface area contributed by atoms with Crippen LogP contribution in [0.5, 0.6) is 0 Å². The van der Waals surface area contributed by atoms with Gasteiger partial charge in [0.1, 0.15) is 0 Å². The first-order valence-corrected chi connectivity index (χ1v) is 8.03. The van der Waals surface area contributed by atoms with Crippen molar-refractivity contribution in [1.29, 1.82) is 0 Å². The fourth-order valence-electron chi connectivity index (χ4n) is 1.68. The maximum atomic E-state index is 11.7. The number of carboxylic acids is 1. The van der Waals surface area contributed by atoms with Gasteiger partial charge in [0.05, 0.1) is 10.5 Å². The van der Waals surface area contributed by atoms with Crippen molar-refractivity contribution in [2.75, 3.05) is 32.1 Å². The Balaban J connectivity index is 2.88. The van der Waals surface area contributed by atoms with Crippen molar-refractivity contribution in [2.24, 2.45) is 0 Å². The van der Waals surface area contributed by atoms with Crippen LogP contribution in [0, 0.1) is 0 Å². The van der Waals surface area contributed by atoms with E-state index in [9.17, 15) is 18.3 Å². The molecule has 8 heteroatoms. The van der Waals surface area contributed by atoms with Gasteiger partial charge in [-0.3, -0.25) is 0 Å². The number of carbonyl (C=O) groups is 1. The van der Waals surface area contributed by atoms with Crippen molar-refractivity contribution in [3.8, 4) is 0 Å². The number of aromatic carboxylic acids is 1. The predicted molar refractivity (Wildman–Crippen MR) is 79.2 cm³/mol. The molecule has 0 radical (unpaired) electrons. The van der Waals surface area contributed by atoms with Crippen LogP contribution in [0.1, 0.15) is 23.7 Å². The molecule has 0 saturated heterocycles. The Morgan fingerprint density at radius 3 is 2.67 bits per heavy atom. The summed E-state index contributed by atoms with van der Waals surface area (Å²) in [5.74, 6) is -1.18. The second-order valence-corrected chi connectivity index (χ2v) is 6.08. The minimum absolute atomic E-state index is 0.0808. The Bertz CT molecular complexity index is 586. The summed E-state index contributed by atoms with van der Waals surface area (Å²) in [6.07, 6.45) is 0.726. The van der Waals surface area contributed by atoms with Crippen LogP contribution >= 0.6 is 0 Å². The van der Waals surface area contributed by atoms with Gasteiger partial charge in [-0.2, -0.15) is 0 Å². The van der Waals surface area contributed by atoms with E-state index in [-0.39, 0.29) is 10.5 Å². The fraction of sp³-hybridized carbons (Fsp3) is 0.462. The Morgan fingerprint density at radius 1 is 1.38 bits per heavy atom. The van der Waals surface area contributed by atoms with Crippen LogP contribution in [0.4, 0.5) is 5.69 Å². The number of nitrogens with one attached hydrogen (secondary N) is 2. The molecule has 0 heterocycles. The molecular weight excluding hydrogens is 296 g/mol. The number of ether oxygens (including phenoxy) is 1. The highest BCUT2D eigenvalue weighted by molar-refractivity contribution is 7.89. The number of rotatable bonds is 9. The van der Waals surface area contributed by atoms with E-state index in [1.165, 1.54) is 19.2 Å². The Morgan fingerprint density at radius 2 is 2.10 bits per heavy atom. The van der Waals surface area contributed by atoms with Crippen LogP contribution in [0.3, 0.4) is 0 Å². The molecule has 0 aliphatic carbocycles. The Kier molecular flexibility index (Phi) is 6.60. The number of anilines is 1. The molecule has 1 aromatic carbocycles. The molecule has 1 aromatic rings. The second kappa shape index (κ2) is 7.96. The summed E-state index contributed by atoms with van der Waals surface area (Å²) in [6.45, 7) is 3.66. The van der Waals surface area contributed by atoms with Crippen LogP contribution in [-0.4, -0.2) is 46.3 Å². The molecule has 0 saturated carbocycles. The average molecular weight is 316 g/mol.